The zero-order valence-electron chi connectivity index (χ0n) is 23.1. The van der Waals surface area contributed by atoms with Crippen LogP contribution in [-0.2, 0) is 11.2 Å². The molecule has 0 radical (unpaired) electrons. The highest BCUT2D eigenvalue weighted by Gasteiger charge is 2.32. The Morgan fingerprint density at radius 2 is 1.73 bits per heavy atom. The van der Waals surface area contributed by atoms with Gasteiger partial charge in [-0.3, -0.25) is 4.57 Å². The van der Waals surface area contributed by atoms with Gasteiger partial charge in [-0.05, 0) is 79.2 Å². The van der Waals surface area contributed by atoms with Gasteiger partial charge < -0.3 is 23.8 Å². The fourth-order valence-electron chi connectivity index (χ4n) is 4.95. The molecule has 0 amide bonds. The van der Waals surface area contributed by atoms with Gasteiger partial charge >= 0.3 is 12.3 Å². The highest BCUT2D eigenvalue weighted by Crippen LogP contribution is 2.41. The van der Waals surface area contributed by atoms with Gasteiger partial charge in [0.1, 0.15) is 23.1 Å². The van der Waals surface area contributed by atoms with Crippen LogP contribution in [-0.4, -0.2) is 33.3 Å². The van der Waals surface area contributed by atoms with Crippen molar-refractivity contribution in [2.75, 3.05) is 0 Å². The van der Waals surface area contributed by atoms with Crippen molar-refractivity contribution in [2.24, 2.45) is 0 Å². The zero-order valence-corrected chi connectivity index (χ0v) is 23.9. The Labute approximate surface area is 256 Å². The number of aromatic nitrogens is 2. The molecule has 1 N–H and O–H groups in total. The minimum absolute atomic E-state index is 0.0677. The number of rotatable bonds is 9. The molecule has 2 aromatic heterocycles. The van der Waals surface area contributed by atoms with E-state index in [9.17, 15) is 27.5 Å². The van der Waals surface area contributed by atoms with Crippen LogP contribution in [0.25, 0.3) is 27.7 Å². The van der Waals surface area contributed by atoms with Crippen molar-refractivity contribution < 1.29 is 46.2 Å². The molecule has 4 aromatic carbocycles. The summed E-state index contributed by atoms with van der Waals surface area (Å²) in [7, 11) is 0. The predicted molar refractivity (Wildman–Crippen MR) is 156 cm³/mol. The lowest BCUT2D eigenvalue weighted by Gasteiger charge is -2.16. The fraction of sp³-hybridized carbons (Fsp3) is 0.125. The highest BCUT2D eigenvalue weighted by molar-refractivity contribution is 6.31. The van der Waals surface area contributed by atoms with Gasteiger partial charge in [-0.15, -0.1) is 13.2 Å². The minimum Gasteiger partial charge on any atom is -0.478 e. The fourth-order valence-corrected chi connectivity index (χ4v) is 5.11. The van der Waals surface area contributed by atoms with Crippen molar-refractivity contribution in [2.45, 2.75) is 25.8 Å². The molecule has 0 saturated carbocycles. The molecule has 13 heteroatoms. The monoisotopic (exact) mass is 640 g/mol. The first-order valence-corrected chi connectivity index (χ1v) is 13.7. The van der Waals surface area contributed by atoms with Crippen molar-refractivity contribution in [1.29, 1.82) is 0 Å². The second-order valence-corrected chi connectivity index (χ2v) is 10.4. The van der Waals surface area contributed by atoms with Gasteiger partial charge in [0.15, 0.2) is 23.3 Å². The Balaban J connectivity index is 1.38. The van der Waals surface area contributed by atoms with Crippen molar-refractivity contribution in [1.82, 2.24) is 9.72 Å². The molecule has 0 bridgehead atoms. The van der Waals surface area contributed by atoms with E-state index in [1.54, 1.807) is 54.0 Å². The third-order valence-electron chi connectivity index (χ3n) is 6.88. The molecule has 6 aromatic rings. The van der Waals surface area contributed by atoms with Crippen LogP contribution in [0.4, 0.5) is 17.6 Å². The van der Waals surface area contributed by atoms with Crippen LogP contribution in [0.2, 0.25) is 5.02 Å². The molecule has 0 saturated heterocycles. The first-order chi connectivity index (χ1) is 21.4. The standard InChI is InChI=1S/C32H21ClF4N2O6/c1-17-29(43-22-4-2-3-18(13-22)14-28(31(40)41)42-21-8-6-20(34)7-9-21)25-16-23(44-32(35,36)37)10-12-26(25)39(17)30-24-11-5-19(33)15-27(24)45-38-30/h2-13,15-16,28H,14H2,1H3,(H,40,41). The smallest absolute Gasteiger partial charge is 0.478 e. The number of ether oxygens (including phenoxy) is 3. The maximum atomic E-state index is 13.3. The summed E-state index contributed by atoms with van der Waals surface area (Å²) in [6.45, 7) is 1.71. The number of carboxylic acids is 1. The lowest BCUT2D eigenvalue weighted by Crippen LogP contribution is -2.29. The summed E-state index contributed by atoms with van der Waals surface area (Å²) in [6, 6.07) is 20.3. The summed E-state index contributed by atoms with van der Waals surface area (Å²) in [5.74, 6) is -1.16. The number of hydrogen-bond acceptors (Lipinski definition) is 6. The maximum absolute atomic E-state index is 13.3. The van der Waals surface area contributed by atoms with Crippen LogP contribution in [0.3, 0.4) is 0 Å². The van der Waals surface area contributed by atoms with Gasteiger partial charge in [0, 0.05) is 22.9 Å². The normalized spacial score (nSPS) is 12.4. The number of alkyl halides is 3. The Morgan fingerprint density at radius 3 is 2.47 bits per heavy atom. The van der Waals surface area contributed by atoms with Crippen molar-refractivity contribution in [3.63, 3.8) is 0 Å². The summed E-state index contributed by atoms with van der Waals surface area (Å²) in [5.41, 5.74) is 1.87. The summed E-state index contributed by atoms with van der Waals surface area (Å²) >= 11 is 6.10. The van der Waals surface area contributed by atoms with Crippen LogP contribution in [0, 0.1) is 12.7 Å². The number of hydrogen-bond donors (Lipinski definition) is 1. The molecule has 2 heterocycles. The molecule has 0 spiro atoms. The van der Waals surface area contributed by atoms with E-state index >= 15 is 0 Å². The van der Waals surface area contributed by atoms with Crippen LogP contribution < -0.4 is 14.2 Å². The van der Waals surface area contributed by atoms with E-state index in [0.717, 1.165) is 12.1 Å². The molecule has 0 fully saturated rings. The topological polar surface area (TPSA) is 96.0 Å². The summed E-state index contributed by atoms with van der Waals surface area (Å²) in [5, 5.41) is 15.3. The molecule has 6 rings (SSSR count). The van der Waals surface area contributed by atoms with Gasteiger partial charge in [-0.2, -0.15) is 0 Å². The average molecular weight is 641 g/mol. The number of carbonyl (C=O) groups is 1. The number of carboxylic acid groups (broad SMARTS) is 1. The predicted octanol–water partition coefficient (Wildman–Crippen LogP) is 8.64. The van der Waals surface area contributed by atoms with Crippen LogP contribution >= 0.6 is 11.6 Å². The Kier molecular flexibility index (Phi) is 7.75. The second kappa shape index (κ2) is 11.7. The second-order valence-electron chi connectivity index (χ2n) is 9.98. The number of fused-ring (bicyclic) bond motifs is 2. The molecular weight excluding hydrogens is 620 g/mol. The van der Waals surface area contributed by atoms with Crippen LogP contribution in [0.5, 0.6) is 23.0 Å². The maximum Gasteiger partial charge on any atom is 0.573 e. The number of benzene rings is 4. The van der Waals surface area contributed by atoms with E-state index in [0.29, 0.717) is 38.6 Å². The average Bonchev–Trinajstić information content (AvgIpc) is 3.50. The summed E-state index contributed by atoms with van der Waals surface area (Å²) in [4.78, 5) is 12.0. The molecule has 45 heavy (non-hydrogen) atoms. The highest BCUT2D eigenvalue weighted by atomic mass is 35.5. The largest absolute Gasteiger partial charge is 0.573 e. The van der Waals surface area contributed by atoms with E-state index in [1.165, 1.54) is 30.3 Å². The SMILES string of the molecule is Cc1c(Oc2cccc(CC(Oc3ccc(F)cc3)C(=O)O)c2)c2cc(OC(F)(F)F)ccc2n1-c1noc2cc(Cl)ccc12. The molecule has 230 valence electrons. The van der Waals surface area contributed by atoms with E-state index in [-0.39, 0.29) is 29.1 Å². The van der Waals surface area contributed by atoms with E-state index in [2.05, 4.69) is 9.89 Å². The molecular formula is C32H21ClF4N2O6. The Bertz CT molecular complexity index is 2040. The molecule has 0 aliphatic heterocycles. The van der Waals surface area contributed by atoms with Crippen molar-refractivity contribution >= 4 is 39.4 Å². The zero-order chi connectivity index (χ0) is 31.9. The van der Waals surface area contributed by atoms with Crippen molar-refractivity contribution in [3.8, 4) is 28.8 Å². The molecule has 8 nitrogen and oxygen atoms in total. The minimum atomic E-state index is -4.92. The van der Waals surface area contributed by atoms with Crippen molar-refractivity contribution in [3.05, 3.63) is 107 Å². The lowest BCUT2D eigenvalue weighted by atomic mass is 10.1. The van der Waals surface area contributed by atoms with E-state index < -0.39 is 30.0 Å². The number of nitrogens with zero attached hydrogens (tertiary/aromatic N) is 2. The summed E-state index contributed by atoms with van der Waals surface area (Å²) < 4.78 is 75.8. The summed E-state index contributed by atoms with van der Waals surface area (Å²) in [6.07, 6.45) is -6.29. The lowest BCUT2D eigenvalue weighted by molar-refractivity contribution is -0.274. The van der Waals surface area contributed by atoms with Gasteiger partial charge in [0.25, 0.3) is 0 Å². The van der Waals surface area contributed by atoms with Gasteiger partial charge in [0.2, 0.25) is 0 Å². The van der Waals surface area contributed by atoms with E-state index in [4.69, 9.17) is 25.6 Å². The Hall–Kier alpha value is -5.23. The quantitative estimate of drug-likeness (QED) is 0.158. The molecule has 1 unspecified atom stereocenters. The van der Waals surface area contributed by atoms with Crippen LogP contribution in [0.1, 0.15) is 11.3 Å². The van der Waals surface area contributed by atoms with Gasteiger partial charge in [0.05, 0.1) is 16.6 Å². The third-order valence-corrected chi connectivity index (χ3v) is 7.12. The molecule has 0 aliphatic rings. The number of aliphatic carboxylic acids is 1. The van der Waals surface area contributed by atoms with Gasteiger partial charge in [-0.25, -0.2) is 9.18 Å². The molecule has 0 aliphatic carbocycles. The molecule has 1 atom stereocenters. The van der Waals surface area contributed by atoms with Gasteiger partial charge in [-0.1, -0.05) is 28.9 Å². The third kappa shape index (κ3) is 6.36. The first-order valence-electron chi connectivity index (χ1n) is 13.3. The Morgan fingerprint density at radius 1 is 0.978 bits per heavy atom. The first kappa shape index (κ1) is 29.8. The number of halogens is 5. The van der Waals surface area contributed by atoms with Crippen LogP contribution in [0.15, 0.2) is 89.5 Å². The van der Waals surface area contributed by atoms with E-state index in [1.807, 2.05) is 0 Å².